The Morgan fingerprint density at radius 2 is 1.43 bits per heavy atom. The van der Waals surface area contributed by atoms with Crippen LogP contribution in [0.5, 0.6) is 0 Å². The fourth-order valence-corrected chi connectivity index (χ4v) is 10.2. The van der Waals surface area contributed by atoms with Crippen LogP contribution in [-0.4, -0.2) is 22.6 Å². The standard InChI is InChI=1S/C40H25N2S.C14H16NSi.Ir/c1-25-20-22-29(31-14-5-4-12-28(25)31)27-21-23-38-34(24-27)32-15-9-16-33(39(32)43-38)40-41-35-17-6-7-18-37(35)42(40)36-19-8-11-26-10-2-3-13-30(26)36;1-16(2,3)13-9-10-14(15-11-13)12-7-5-4-6-8-12;/h2-15,17-24H,1H3;4-7,9-11H,1-3H3;/q2*-1;/i1D3;;. The molecule has 0 N–H and O–H groups in total. The number of benzene rings is 8. The van der Waals surface area contributed by atoms with Crippen LogP contribution in [0.1, 0.15) is 9.68 Å². The van der Waals surface area contributed by atoms with E-state index in [4.69, 9.17) is 9.10 Å². The van der Waals surface area contributed by atoms with E-state index in [-0.39, 0.29) is 20.1 Å². The predicted octanol–water partition coefficient (Wildman–Crippen LogP) is 14.2. The predicted molar refractivity (Wildman–Crippen MR) is 255 cm³/mol. The minimum atomic E-state index is -2.18. The van der Waals surface area contributed by atoms with Gasteiger partial charge in [-0.25, -0.2) is 0 Å². The number of imidazole rings is 1. The van der Waals surface area contributed by atoms with Crippen molar-refractivity contribution in [3.63, 3.8) is 0 Å². The molecular formula is C54H41IrN3SSi-2. The van der Waals surface area contributed by atoms with E-state index >= 15 is 0 Å². The fraction of sp³-hybridized carbons (Fsp3) is 0.0741. The van der Waals surface area contributed by atoms with Gasteiger partial charge < -0.3 is 9.55 Å². The minimum Gasteiger partial charge on any atom is -0.333 e. The Labute approximate surface area is 373 Å². The molecule has 3 nitrogen and oxygen atoms in total. The summed E-state index contributed by atoms with van der Waals surface area (Å²) in [6.07, 6.45) is 2.02. The first-order valence-electron chi connectivity index (χ1n) is 21.3. The minimum absolute atomic E-state index is 0. The van der Waals surface area contributed by atoms with E-state index < -0.39 is 14.9 Å². The summed E-state index contributed by atoms with van der Waals surface area (Å²) in [7, 11) is -1.23. The number of fused-ring (bicyclic) bond motifs is 6. The van der Waals surface area contributed by atoms with Crippen molar-refractivity contribution < 1.29 is 24.2 Å². The van der Waals surface area contributed by atoms with E-state index in [0.29, 0.717) is 5.56 Å². The van der Waals surface area contributed by atoms with Crippen LogP contribution in [0.3, 0.4) is 0 Å². The van der Waals surface area contributed by atoms with Gasteiger partial charge >= 0.3 is 0 Å². The maximum absolute atomic E-state index is 8.07. The number of nitrogens with zero attached hydrogens (tertiary/aromatic N) is 3. The summed E-state index contributed by atoms with van der Waals surface area (Å²) in [4.78, 5) is 9.73. The fourth-order valence-electron chi connectivity index (χ4n) is 8.02. The number of aromatic nitrogens is 3. The summed E-state index contributed by atoms with van der Waals surface area (Å²) in [6.45, 7) is 4.82. The Balaban J connectivity index is 0.000000251. The molecule has 11 aromatic rings. The van der Waals surface area contributed by atoms with E-state index in [1.54, 1.807) is 17.4 Å². The summed E-state index contributed by atoms with van der Waals surface area (Å²) >= 11 is 1.75. The summed E-state index contributed by atoms with van der Waals surface area (Å²) in [5, 5.41) is 7.75. The molecule has 0 saturated carbocycles. The largest absolute Gasteiger partial charge is 0.333 e. The van der Waals surface area contributed by atoms with Crippen LogP contribution < -0.4 is 5.19 Å². The van der Waals surface area contributed by atoms with Crippen molar-refractivity contribution in [1.29, 1.82) is 0 Å². The summed E-state index contributed by atoms with van der Waals surface area (Å²) < 4.78 is 28.8. The van der Waals surface area contributed by atoms with Gasteiger partial charge in [0, 0.05) is 46.2 Å². The third kappa shape index (κ3) is 7.20. The smallest absolute Gasteiger partial charge is 0.0795 e. The summed E-state index contributed by atoms with van der Waals surface area (Å²) in [5.74, 6) is 0.862. The van der Waals surface area contributed by atoms with Gasteiger partial charge in [-0.1, -0.05) is 134 Å². The Morgan fingerprint density at radius 1 is 0.650 bits per heavy atom. The van der Waals surface area contributed by atoms with Gasteiger partial charge in [0.05, 0.1) is 24.9 Å². The second kappa shape index (κ2) is 16.2. The van der Waals surface area contributed by atoms with Gasteiger partial charge in [-0.3, -0.25) is 4.98 Å². The molecule has 8 aromatic carbocycles. The van der Waals surface area contributed by atoms with E-state index in [0.717, 1.165) is 76.7 Å². The van der Waals surface area contributed by atoms with Crippen molar-refractivity contribution in [2.75, 3.05) is 0 Å². The van der Waals surface area contributed by atoms with E-state index in [9.17, 15) is 0 Å². The second-order valence-electron chi connectivity index (χ2n) is 15.8. The van der Waals surface area contributed by atoms with Crippen LogP contribution in [-0.2, 0) is 20.1 Å². The molecule has 60 heavy (non-hydrogen) atoms. The van der Waals surface area contributed by atoms with Gasteiger partial charge in [0.25, 0.3) is 0 Å². The van der Waals surface area contributed by atoms with Gasteiger partial charge in [-0.05, 0) is 91.0 Å². The average Bonchev–Trinajstić information content (AvgIpc) is 3.87. The van der Waals surface area contributed by atoms with Crippen molar-refractivity contribution in [1.82, 2.24) is 14.5 Å². The topological polar surface area (TPSA) is 30.7 Å². The van der Waals surface area contributed by atoms with Gasteiger partial charge in [0.1, 0.15) is 0 Å². The quantitative estimate of drug-likeness (QED) is 0.127. The third-order valence-corrected chi connectivity index (χ3v) is 14.3. The maximum Gasteiger partial charge on any atom is 0.0795 e. The van der Waals surface area contributed by atoms with Gasteiger partial charge in [0.15, 0.2) is 0 Å². The monoisotopic (exact) mass is 987 g/mol. The molecule has 0 saturated heterocycles. The van der Waals surface area contributed by atoms with Crippen molar-refractivity contribution in [3.05, 3.63) is 194 Å². The molecule has 293 valence electrons. The first-order chi connectivity index (χ1) is 30.0. The molecule has 3 heterocycles. The van der Waals surface area contributed by atoms with Crippen LogP contribution >= 0.6 is 11.3 Å². The zero-order valence-corrected chi connectivity index (χ0v) is 37.5. The first-order valence-corrected chi connectivity index (χ1v) is 24.1. The molecule has 1 radical (unpaired) electrons. The molecule has 0 spiro atoms. The normalized spacial score (nSPS) is 12.5. The molecule has 0 bridgehead atoms. The molecular weight excluding hydrogens is 943 g/mol. The molecule has 11 rings (SSSR count). The third-order valence-electron chi connectivity index (χ3n) is 11.1. The number of pyridine rings is 1. The van der Waals surface area contributed by atoms with Gasteiger partial charge in [-0.15, -0.1) is 54.1 Å². The summed E-state index contributed by atoms with van der Waals surface area (Å²) in [6, 6.07) is 64.4. The Morgan fingerprint density at radius 3 is 2.23 bits per heavy atom. The number of aryl methyl sites for hydroxylation is 1. The number of rotatable bonds is 5. The Hall–Kier alpha value is -6.01. The summed E-state index contributed by atoms with van der Waals surface area (Å²) in [5.41, 5.74) is 8.56. The number of hydrogen-bond donors (Lipinski definition) is 0. The van der Waals surface area contributed by atoms with E-state index in [1.807, 2.05) is 72.9 Å². The number of para-hydroxylation sites is 2. The number of hydrogen-bond acceptors (Lipinski definition) is 3. The van der Waals surface area contributed by atoms with Crippen LogP contribution in [0.15, 0.2) is 176 Å². The van der Waals surface area contributed by atoms with Gasteiger partial charge in [-0.2, -0.15) is 11.3 Å². The Kier molecular flexibility index (Phi) is 9.70. The maximum atomic E-state index is 8.07. The zero-order valence-electron chi connectivity index (χ0n) is 36.3. The van der Waals surface area contributed by atoms with Crippen molar-refractivity contribution in [3.8, 4) is 39.5 Å². The van der Waals surface area contributed by atoms with Crippen molar-refractivity contribution in [2.24, 2.45) is 0 Å². The zero-order chi connectivity index (χ0) is 42.6. The molecule has 0 aliphatic carbocycles. The molecule has 0 atom stereocenters. The SMILES string of the molecule is C[Si](C)(C)c1ccc(-c2[c-]cccc2)nc1.[2H]C([2H])([2H])c1ccc(-c2ccc3sc4c(-c5nc6ccccc6n5-c5cccc6ccccc56)[c-]ccc4c3c2)c2ccccc12.[Ir]. The number of thiophene rings is 1. The van der Waals surface area contributed by atoms with Crippen LogP contribution in [0, 0.1) is 19.0 Å². The Bertz CT molecular complexity index is 3440. The molecule has 0 aliphatic rings. The van der Waals surface area contributed by atoms with Crippen molar-refractivity contribution >= 4 is 77.3 Å². The van der Waals surface area contributed by atoms with Crippen molar-refractivity contribution in [2.45, 2.75) is 26.5 Å². The van der Waals surface area contributed by atoms with Gasteiger partial charge in [0.2, 0.25) is 0 Å². The molecule has 3 aromatic heterocycles. The van der Waals surface area contributed by atoms with E-state index in [2.05, 4.69) is 138 Å². The molecule has 0 unspecified atom stereocenters. The average molecular weight is 987 g/mol. The van der Waals surface area contributed by atoms with Crippen LogP contribution in [0.25, 0.3) is 92.2 Å². The molecule has 0 aliphatic heterocycles. The molecule has 6 heteroatoms. The molecule has 0 amide bonds. The molecule has 0 fully saturated rings. The first kappa shape index (κ1) is 35.9. The van der Waals surface area contributed by atoms with Crippen LogP contribution in [0.4, 0.5) is 0 Å². The second-order valence-corrected chi connectivity index (χ2v) is 22.0. The van der Waals surface area contributed by atoms with E-state index in [1.165, 1.54) is 20.7 Å². The van der Waals surface area contributed by atoms with Crippen LogP contribution in [0.2, 0.25) is 19.6 Å².